The second kappa shape index (κ2) is 8.69. The second-order valence-electron chi connectivity index (χ2n) is 7.90. The van der Waals surface area contributed by atoms with E-state index in [1.54, 1.807) is 12.1 Å². The quantitative estimate of drug-likeness (QED) is 0.566. The highest BCUT2D eigenvalue weighted by Crippen LogP contribution is 2.35. The normalized spacial score (nSPS) is 15.7. The molecule has 2 heterocycles. The molecular weight excluding hydrogens is 418 g/mol. The molecule has 0 aliphatic carbocycles. The van der Waals surface area contributed by atoms with Crippen molar-refractivity contribution >= 4 is 17.6 Å². The lowest BCUT2D eigenvalue weighted by Gasteiger charge is -2.28. The number of aliphatic carboxylic acids is 1. The van der Waals surface area contributed by atoms with Crippen LogP contribution in [0.4, 0.5) is 0 Å². The van der Waals surface area contributed by atoms with Gasteiger partial charge in [0, 0.05) is 17.2 Å². The van der Waals surface area contributed by atoms with E-state index in [1.165, 1.54) is 0 Å². The van der Waals surface area contributed by atoms with Crippen molar-refractivity contribution < 1.29 is 19.2 Å². The first-order chi connectivity index (χ1) is 14.8. The third-order valence-corrected chi connectivity index (χ3v) is 5.66. The minimum atomic E-state index is -0.821. The van der Waals surface area contributed by atoms with Crippen LogP contribution in [0.1, 0.15) is 43.0 Å². The van der Waals surface area contributed by atoms with Crippen molar-refractivity contribution in [3.8, 4) is 28.6 Å². The zero-order chi connectivity index (χ0) is 22.1. The van der Waals surface area contributed by atoms with Gasteiger partial charge in [-0.1, -0.05) is 28.9 Å². The van der Waals surface area contributed by atoms with Crippen molar-refractivity contribution in [2.45, 2.75) is 45.8 Å². The Hall–Kier alpha value is -2.90. The molecule has 162 valence electrons. The van der Waals surface area contributed by atoms with Gasteiger partial charge in [-0.15, -0.1) is 0 Å². The van der Waals surface area contributed by atoms with Crippen LogP contribution < -0.4 is 10.1 Å². The first kappa shape index (κ1) is 21.3. The van der Waals surface area contributed by atoms with E-state index in [0.717, 1.165) is 35.2 Å². The number of hydrogen-bond acceptors (Lipinski definition) is 6. The van der Waals surface area contributed by atoms with Gasteiger partial charge in [-0.25, -0.2) is 0 Å². The van der Waals surface area contributed by atoms with E-state index in [9.17, 15) is 9.90 Å². The van der Waals surface area contributed by atoms with Crippen LogP contribution in [0.3, 0.4) is 0 Å². The van der Waals surface area contributed by atoms with Crippen LogP contribution in [0.25, 0.3) is 22.8 Å². The Morgan fingerprint density at radius 3 is 2.87 bits per heavy atom. The molecule has 1 aliphatic rings. The van der Waals surface area contributed by atoms with Crippen LogP contribution in [0.5, 0.6) is 5.75 Å². The third kappa shape index (κ3) is 4.43. The van der Waals surface area contributed by atoms with Gasteiger partial charge in [0.15, 0.2) is 0 Å². The monoisotopic (exact) mass is 441 g/mol. The summed E-state index contributed by atoms with van der Waals surface area (Å²) in [5, 5.41) is 17.1. The molecule has 0 saturated heterocycles. The topological polar surface area (TPSA) is 97.5 Å². The van der Waals surface area contributed by atoms with Gasteiger partial charge in [-0.05, 0) is 68.6 Å². The number of fused-ring (bicyclic) bond motifs is 1. The van der Waals surface area contributed by atoms with Gasteiger partial charge in [0.25, 0.3) is 5.89 Å². The lowest BCUT2D eigenvalue weighted by Crippen LogP contribution is -2.32. The van der Waals surface area contributed by atoms with Gasteiger partial charge in [0.2, 0.25) is 5.82 Å². The van der Waals surface area contributed by atoms with Crippen LogP contribution >= 0.6 is 11.6 Å². The van der Waals surface area contributed by atoms with E-state index >= 15 is 0 Å². The zero-order valence-electron chi connectivity index (χ0n) is 17.6. The largest absolute Gasteiger partial charge is 0.489 e. The molecule has 0 amide bonds. The minimum absolute atomic E-state index is 0.0237. The Morgan fingerprint density at radius 2 is 2.16 bits per heavy atom. The van der Waals surface area contributed by atoms with Crippen molar-refractivity contribution in [2.24, 2.45) is 0 Å². The first-order valence-corrected chi connectivity index (χ1v) is 10.6. The van der Waals surface area contributed by atoms with Crippen molar-refractivity contribution in [2.75, 3.05) is 6.54 Å². The third-order valence-electron chi connectivity index (χ3n) is 5.36. The Labute approximate surface area is 185 Å². The summed E-state index contributed by atoms with van der Waals surface area (Å²) < 4.78 is 11.2. The summed E-state index contributed by atoms with van der Waals surface area (Å²) >= 11 is 6.34. The van der Waals surface area contributed by atoms with Gasteiger partial charge in [0.05, 0.1) is 17.5 Å². The first-order valence-electron chi connectivity index (χ1n) is 10.2. The van der Waals surface area contributed by atoms with Crippen molar-refractivity contribution in [1.82, 2.24) is 15.5 Å². The summed E-state index contributed by atoms with van der Waals surface area (Å²) in [5.41, 5.74) is 4.79. The van der Waals surface area contributed by atoms with E-state index in [0.29, 0.717) is 28.1 Å². The fourth-order valence-electron chi connectivity index (χ4n) is 3.95. The number of rotatable bonds is 6. The maximum absolute atomic E-state index is 11.2. The maximum Gasteiger partial charge on any atom is 0.305 e. The number of nitrogens with zero attached hydrogens (tertiary/aromatic N) is 2. The van der Waals surface area contributed by atoms with Crippen molar-refractivity contribution in [1.29, 1.82) is 0 Å². The fraction of sp³-hybridized carbons (Fsp3) is 0.348. The van der Waals surface area contributed by atoms with E-state index in [1.807, 2.05) is 39.0 Å². The number of aromatic nitrogens is 2. The van der Waals surface area contributed by atoms with Gasteiger partial charge >= 0.3 is 5.97 Å². The smallest absolute Gasteiger partial charge is 0.305 e. The molecule has 1 aliphatic heterocycles. The summed E-state index contributed by atoms with van der Waals surface area (Å²) in [6.07, 6.45) is 0.897. The molecule has 2 N–H and O–H groups in total. The summed E-state index contributed by atoms with van der Waals surface area (Å²) in [6, 6.07) is 9.07. The number of hydrogen-bond donors (Lipinski definition) is 2. The maximum atomic E-state index is 11.2. The summed E-state index contributed by atoms with van der Waals surface area (Å²) in [7, 11) is 0. The van der Waals surface area contributed by atoms with Crippen LogP contribution in [0.15, 0.2) is 34.9 Å². The Bertz CT molecular complexity index is 1130. The van der Waals surface area contributed by atoms with Gasteiger partial charge < -0.3 is 19.7 Å². The summed E-state index contributed by atoms with van der Waals surface area (Å²) in [4.78, 5) is 15.8. The Morgan fingerprint density at radius 1 is 1.35 bits per heavy atom. The summed E-state index contributed by atoms with van der Waals surface area (Å²) in [5.74, 6) is 0.645. The number of carboxylic acid groups (broad SMARTS) is 1. The standard InChI is InChI=1S/C23H24ClN3O4/c1-12(2)30-20-7-4-14(10-18(20)24)23-26-22(27-31-23)16-5-6-17-15(13(16)3)8-9-25-19(17)11-21(28)29/h4-7,10,12,19,25H,8-9,11H2,1-3H3,(H,28,29). The molecule has 7 nitrogen and oxygen atoms in total. The van der Waals surface area contributed by atoms with E-state index in [4.69, 9.17) is 20.9 Å². The number of halogens is 1. The highest BCUT2D eigenvalue weighted by molar-refractivity contribution is 6.32. The number of carboxylic acids is 1. The Kier molecular flexibility index (Phi) is 5.98. The predicted octanol–water partition coefficient (Wildman–Crippen LogP) is 4.81. The average molecular weight is 442 g/mol. The molecule has 4 rings (SSSR count). The number of benzene rings is 2. The highest BCUT2D eigenvalue weighted by Gasteiger charge is 2.25. The molecule has 0 spiro atoms. The van der Waals surface area contributed by atoms with Gasteiger partial charge in [0.1, 0.15) is 5.75 Å². The number of carbonyl (C=O) groups is 1. The fourth-order valence-corrected chi connectivity index (χ4v) is 4.18. The predicted molar refractivity (Wildman–Crippen MR) is 117 cm³/mol. The molecule has 8 heteroatoms. The lowest BCUT2D eigenvalue weighted by atomic mass is 9.87. The average Bonchev–Trinajstić information content (AvgIpc) is 3.19. The molecule has 1 atom stereocenters. The van der Waals surface area contributed by atoms with Crippen LogP contribution in [-0.2, 0) is 11.2 Å². The number of nitrogens with one attached hydrogen (secondary N) is 1. The number of ether oxygens (including phenoxy) is 1. The Balaban J connectivity index is 1.64. The zero-order valence-corrected chi connectivity index (χ0v) is 18.4. The van der Waals surface area contributed by atoms with Gasteiger partial charge in [-0.3, -0.25) is 4.79 Å². The lowest BCUT2D eigenvalue weighted by molar-refractivity contribution is -0.137. The van der Waals surface area contributed by atoms with Crippen LogP contribution in [0, 0.1) is 6.92 Å². The molecule has 0 fully saturated rings. The molecule has 0 saturated carbocycles. The molecule has 1 aromatic heterocycles. The van der Waals surface area contributed by atoms with E-state index in [2.05, 4.69) is 15.5 Å². The second-order valence-corrected chi connectivity index (χ2v) is 8.30. The molecule has 31 heavy (non-hydrogen) atoms. The molecular formula is C23H24ClN3O4. The van der Waals surface area contributed by atoms with Crippen molar-refractivity contribution in [3.05, 3.63) is 52.0 Å². The molecule has 0 bridgehead atoms. The highest BCUT2D eigenvalue weighted by atomic mass is 35.5. The van der Waals surface area contributed by atoms with Crippen LogP contribution in [0.2, 0.25) is 5.02 Å². The minimum Gasteiger partial charge on any atom is -0.489 e. The molecule has 3 aromatic rings. The SMILES string of the molecule is Cc1c(-c2noc(-c3ccc(OC(C)C)c(Cl)c3)n2)ccc2c1CCNC2CC(=O)O. The molecule has 2 aromatic carbocycles. The molecule has 0 radical (unpaired) electrons. The molecule has 1 unspecified atom stereocenters. The van der Waals surface area contributed by atoms with Crippen molar-refractivity contribution in [3.63, 3.8) is 0 Å². The van der Waals surface area contributed by atoms with Gasteiger partial charge in [-0.2, -0.15) is 4.98 Å². The van der Waals surface area contributed by atoms with Crippen LogP contribution in [-0.4, -0.2) is 33.9 Å². The van der Waals surface area contributed by atoms with E-state index < -0.39 is 5.97 Å². The summed E-state index contributed by atoms with van der Waals surface area (Å²) in [6.45, 7) is 6.63. The van der Waals surface area contributed by atoms with E-state index in [-0.39, 0.29) is 18.6 Å².